The second-order valence-corrected chi connectivity index (χ2v) is 11.0. The van der Waals surface area contributed by atoms with Gasteiger partial charge in [-0.1, -0.05) is 24.6 Å². The number of ether oxygens (including phenoxy) is 1. The molecule has 0 saturated carbocycles. The van der Waals surface area contributed by atoms with Crippen molar-refractivity contribution in [2.24, 2.45) is 0 Å². The molecule has 3 aromatic rings. The van der Waals surface area contributed by atoms with Gasteiger partial charge in [-0.2, -0.15) is 0 Å². The van der Waals surface area contributed by atoms with E-state index in [-0.39, 0.29) is 12.0 Å². The molecule has 2 aromatic heterocycles. The highest BCUT2D eigenvalue weighted by Gasteiger charge is 2.22. The summed E-state index contributed by atoms with van der Waals surface area (Å²) in [5, 5.41) is 2.82. The average molecular weight is 557 g/mol. The lowest BCUT2D eigenvalue weighted by molar-refractivity contribution is 0.102. The summed E-state index contributed by atoms with van der Waals surface area (Å²) in [4.78, 5) is 40.7. The Morgan fingerprint density at radius 3 is 2.29 bits per heavy atom. The highest BCUT2D eigenvalue weighted by Crippen LogP contribution is 2.17. The van der Waals surface area contributed by atoms with Gasteiger partial charge in [-0.25, -0.2) is 9.78 Å². The van der Waals surface area contributed by atoms with E-state index in [1.165, 1.54) is 36.6 Å². The first kappa shape index (κ1) is 28.7. The monoisotopic (exact) mass is 556 g/mol. The first-order valence-electron chi connectivity index (χ1n) is 14.7. The lowest BCUT2D eigenvalue weighted by Crippen LogP contribution is -2.49. The summed E-state index contributed by atoms with van der Waals surface area (Å²) in [5.74, 6) is 0.532. The number of carbonyl (C=O) groups is 2. The number of likely N-dealkylation sites (tertiary alicyclic amines) is 1. The standard InChI is InChI=1S/C32H40N6O3/c1-25-7-12-28(33-22-25)6-5-17-36-18-20-38(21-19-36)32(40)41-29-13-14-30(34-23-29)35-31(39)27-10-8-26(9-11-27)24-37-15-3-2-4-16-37/h7-14,22-23H,2-6,15-21,24H2,1H3,(H,34,35,39). The van der Waals surface area contributed by atoms with Crippen LogP contribution in [0.4, 0.5) is 10.6 Å². The molecule has 2 fully saturated rings. The molecule has 9 nitrogen and oxygen atoms in total. The lowest BCUT2D eigenvalue weighted by atomic mass is 10.1. The van der Waals surface area contributed by atoms with Crippen LogP contribution in [0.5, 0.6) is 5.75 Å². The van der Waals surface area contributed by atoms with Crippen LogP contribution in [-0.4, -0.2) is 82.5 Å². The molecular weight excluding hydrogens is 516 g/mol. The molecule has 0 unspecified atom stereocenters. The minimum Gasteiger partial charge on any atom is -0.409 e. The topological polar surface area (TPSA) is 90.9 Å². The molecule has 0 atom stereocenters. The van der Waals surface area contributed by atoms with Crippen molar-refractivity contribution in [3.63, 3.8) is 0 Å². The Balaban J connectivity index is 1.02. The van der Waals surface area contributed by atoms with Gasteiger partial charge in [-0.3, -0.25) is 19.6 Å². The number of hydrogen-bond acceptors (Lipinski definition) is 7. The molecule has 216 valence electrons. The Morgan fingerprint density at radius 1 is 0.829 bits per heavy atom. The zero-order valence-electron chi connectivity index (χ0n) is 23.9. The van der Waals surface area contributed by atoms with E-state index >= 15 is 0 Å². The van der Waals surface area contributed by atoms with E-state index in [0.29, 0.717) is 30.2 Å². The quantitative estimate of drug-likeness (QED) is 0.406. The molecule has 9 heteroatoms. The second kappa shape index (κ2) is 14.2. The van der Waals surface area contributed by atoms with Gasteiger partial charge in [0, 0.05) is 50.2 Å². The van der Waals surface area contributed by atoms with Crippen molar-refractivity contribution in [2.75, 3.05) is 51.1 Å². The third-order valence-corrected chi connectivity index (χ3v) is 7.76. The van der Waals surface area contributed by atoms with Crippen molar-refractivity contribution >= 4 is 17.8 Å². The highest BCUT2D eigenvalue weighted by atomic mass is 16.6. The molecule has 41 heavy (non-hydrogen) atoms. The minimum atomic E-state index is -0.378. The Bertz CT molecular complexity index is 1270. The molecule has 5 rings (SSSR count). The van der Waals surface area contributed by atoms with Gasteiger partial charge in [0.25, 0.3) is 5.91 Å². The minimum absolute atomic E-state index is 0.222. The molecule has 0 aliphatic carbocycles. The van der Waals surface area contributed by atoms with Crippen LogP contribution >= 0.6 is 0 Å². The van der Waals surface area contributed by atoms with Gasteiger partial charge < -0.3 is 15.0 Å². The number of benzene rings is 1. The number of amides is 2. The average Bonchev–Trinajstić information content (AvgIpc) is 3.00. The molecule has 1 N–H and O–H groups in total. The lowest BCUT2D eigenvalue weighted by Gasteiger charge is -2.33. The van der Waals surface area contributed by atoms with Crippen LogP contribution in [-0.2, 0) is 13.0 Å². The number of aromatic nitrogens is 2. The van der Waals surface area contributed by atoms with E-state index in [1.54, 1.807) is 17.0 Å². The van der Waals surface area contributed by atoms with Crippen LogP contribution in [0.3, 0.4) is 0 Å². The first-order valence-corrected chi connectivity index (χ1v) is 14.7. The van der Waals surface area contributed by atoms with Crippen LogP contribution in [0.1, 0.15) is 52.9 Å². The number of nitrogens with one attached hydrogen (secondary N) is 1. The fourth-order valence-electron chi connectivity index (χ4n) is 5.29. The Morgan fingerprint density at radius 2 is 1.61 bits per heavy atom. The van der Waals surface area contributed by atoms with Crippen LogP contribution in [0.15, 0.2) is 60.9 Å². The summed E-state index contributed by atoms with van der Waals surface area (Å²) in [6, 6.07) is 15.2. The predicted octanol–water partition coefficient (Wildman–Crippen LogP) is 4.77. The molecule has 2 aliphatic rings. The summed E-state index contributed by atoms with van der Waals surface area (Å²) in [7, 11) is 0. The number of anilines is 1. The summed E-state index contributed by atoms with van der Waals surface area (Å²) >= 11 is 0. The van der Waals surface area contributed by atoms with Gasteiger partial charge in [0.05, 0.1) is 6.20 Å². The van der Waals surface area contributed by atoms with E-state index in [1.807, 2.05) is 37.4 Å². The number of aryl methyl sites for hydroxylation is 2. The third-order valence-electron chi connectivity index (χ3n) is 7.76. The number of rotatable bonds is 9. The third kappa shape index (κ3) is 8.58. The van der Waals surface area contributed by atoms with Gasteiger partial charge in [0.15, 0.2) is 5.75 Å². The van der Waals surface area contributed by atoms with Crippen molar-refractivity contribution < 1.29 is 14.3 Å². The molecule has 0 bridgehead atoms. The van der Waals surface area contributed by atoms with Crippen molar-refractivity contribution in [2.45, 2.75) is 45.6 Å². The smallest absolute Gasteiger partial charge is 0.409 e. The Hall–Kier alpha value is -3.82. The SMILES string of the molecule is Cc1ccc(CCCN2CCN(C(=O)Oc3ccc(NC(=O)c4ccc(CN5CCCCC5)cc4)nc3)CC2)nc1. The molecule has 0 spiro atoms. The van der Waals surface area contributed by atoms with E-state index in [2.05, 4.69) is 37.2 Å². The van der Waals surface area contributed by atoms with Gasteiger partial charge in [-0.05, 0) is 93.7 Å². The van der Waals surface area contributed by atoms with Gasteiger partial charge in [-0.15, -0.1) is 0 Å². The molecular formula is C32H40N6O3. The fourth-order valence-corrected chi connectivity index (χ4v) is 5.29. The van der Waals surface area contributed by atoms with Crippen molar-refractivity contribution in [3.8, 4) is 5.75 Å². The number of hydrogen-bond donors (Lipinski definition) is 1. The van der Waals surface area contributed by atoms with E-state index in [4.69, 9.17) is 4.74 Å². The predicted molar refractivity (Wildman–Crippen MR) is 159 cm³/mol. The van der Waals surface area contributed by atoms with Gasteiger partial charge in [0.1, 0.15) is 5.82 Å². The molecule has 4 heterocycles. The summed E-state index contributed by atoms with van der Waals surface area (Å²) in [6.07, 6.45) is 8.83. The zero-order valence-corrected chi connectivity index (χ0v) is 23.9. The van der Waals surface area contributed by atoms with Gasteiger partial charge >= 0.3 is 6.09 Å². The van der Waals surface area contributed by atoms with E-state index in [0.717, 1.165) is 57.8 Å². The summed E-state index contributed by atoms with van der Waals surface area (Å²) in [6.45, 7) is 9.12. The number of piperidine rings is 1. The highest BCUT2D eigenvalue weighted by molar-refractivity contribution is 6.03. The van der Waals surface area contributed by atoms with E-state index in [9.17, 15) is 9.59 Å². The summed E-state index contributed by atoms with van der Waals surface area (Å²) in [5.41, 5.74) is 4.09. The molecule has 2 aliphatic heterocycles. The molecule has 2 amide bonds. The zero-order chi connectivity index (χ0) is 28.4. The van der Waals surface area contributed by atoms with Crippen LogP contribution in [0.25, 0.3) is 0 Å². The largest absolute Gasteiger partial charge is 0.415 e. The second-order valence-electron chi connectivity index (χ2n) is 11.0. The normalized spacial score (nSPS) is 16.4. The van der Waals surface area contributed by atoms with Crippen molar-refractivity contribution in [1.82, 2.24) is 24.7 Å². The molecule has 0 radical (unpaired) electrons. The van der Waals surface area contributed by atoms with Crippen molar-refractivity contribution in [1.29, 1.82) is 0 Å². The number of carbonyl (C=O) groups excluding carboxylic acids is 2. The maximum absolute atomic E-state index is 12.7. The van der Waals surface area contributed by atoms with E-state index < -0.39 is 0 Å². The fraction of sp³-hybridized carbons (Fsp3) is 0.438. The van der Waals surface area contributed by atoms with Crippen LogP contribution in [0.2, 0.25) is 0 Å². The maximum Gasteiger partial charge on any atom is 0.415 e. The van der Waals surface area contributed by atoms with Crippen LogP contribution < -0.4 is 10.1 Å². The number of pyridine rings is 2. The molecule has 1 aromatic carbocycles. The van der Waals surface area contributed by atoms with Crippen LogP contribution in [0, 0.1) is 6.92 Å². The van der Waals surface area contributed by atoms with Crippen molar-refractivity contribution in [3.05, 3.63) is 83.3 Å². The Kier molecular flexibility index (Phi) is 9.93. The van der Waals surface area contributed by atoms with Gasteiger partial charge in [0.2, 0.25) is 0 Å². The summed E-state index contributed by atoms with van der Waals surface area (Å²) < 4.78 is 5.54. The number of piperazine rings is 1. The molecule has 2 saturated heterocycles. The Labute approximate surface area is 242 Å². The maximum atomic E-state index is 12.7. The number of nitrogens with zero attached hydrogens (tertiary/aromatic N) is 5. The first-order chi connectivity index (χ1) is 20.0.